The lowest BCUT2D eigenvalue weighted by Gasteiger charge is -2.08. The summed E-state index contributed by atoms with van der Waals surface area (Å²) in [6.45, 7) is 5.20. The molecular formula is C11H11BrFNO. The minimum Gasteiger partial charge on any atom is -0.326 e. The molecule has 15 heavy (non-hydrogen) atoms. The van der Waals surface area contributed by atoms with E-state index in [1.807, 2.05) is 0 Å². The first-order valence-electron chi connectivity index (χ1n) is 4.41. The average Bonchev–Trinajstić information content (AvgIpc) is 2.14. The van der Waals surface area contributed by atoms with E-state index in [9.17, 15) is 9.18 Å². The molecule has 0 unspecified atom stereocenters. The molecule has 0 aliphatic heterocycles. The van der Waals surface area contributed by atoms with Crippen molar-refractivity contribution in [3.8, 4) is 0 Å². The smallest absolute Gasteiger partial charge is 0.228 e. The number of anilines is 1. The number of halogens is 2. The Morgan fingerprint density at radius 2 is 2.33 bits per heavy atom. The van der Waals surface area contributed by atoms with Crippen LogP contribution >= 0.6 is 15.9 Å². The summed E-state index contributed by atoms with van der Waals surface area (Å²) in [4.78, 5) is 11.3. The van der Waals surface area contributed by atoms with E-state index in [-0.39, 0.29) is 18.1 Å². The summed E-state index contributed by atoms with van der Waals surface area (Å²) in [5.41, 5.74) is 1.29. The second kappa shape index (κ2) is 5.07. The summed E-state index contributed by atoms with van der Waals surface area (Å²) in [5.74, 6) is -0.499. The summed E-state index contributed by atoms with van der Waals surface area (Å²) in [6.07, 6.45) is 1.76. The SMILES string of the molecule is C=CCC(=O)Nc1cc(Br)c(F)cc1C. The van der Waals surface area contributed by atoms with Crippen molar-refractivity contribution in [3.05, 3.63) is 40.6 Å². The number of carbonyl (C=O) groups excluding carboxylic acids is 1. The second-order valence-electron chi connectivity index (χ2n) is 3.12. The molecule has 0 saturated heterocycles. The molecule has 1 N–H and O–H groups in total. The lowest BCUT2D eigenvalue weighted by molar-refractivity contribution is -0.115. The monoisotopic (exact) mass is 271 g/mol. The second-order valence-corrected chi connectivity index (χ2v) is 3.98. The van der Waals surface area contributed by atoms with E-state index < -0.39 is 0 Å². The molecule has 0 aliphatic rings. The number of hydrogen-bond donors (Lipinski definition) is 1. The van der Waals surface area contributed by atoms with Crippen LogP contribution in [0.25, 0.3) is 0 Å². The Kier molecular flexibility index (Phi) is 4.03. The van der Waals surface area contributed by atoms with E-state index in [2.05, 4.69) is 27.8 Å². The molecule has 80 valence electrons. The maximum absolute atomic E-state index is 13.1. The third kappa shape index (κ3) is 3.16. The van der Waals surface area contributed by atoms with Crippen LogP contribution in [0.4, 0.5) is 10.1 Å². The minimum absolute atomic E-state index is 0.161. The van der Waals surface area contributed by atoms with Crippen molar-refractivity contribution in [2.45, 2.75) is 13.3 Å². The number of hydrogen-bond acceptors (Lipinski definition) is 1. The van der Waals surface area contributed by atoms with Crippen molar-refractivity contribution < 1.29 is 9.18 Å². The highest BCUT2D eigenvalue weighted by atomic mass is 79.9. The van der Waals surface area contributed by atoms with Crippen molar-refractivity contribution >= 4 is 27.5 Å². The first-order chi connectivity index (χ1) is 7.04. The van der Waals surface area contributed by atoms with Crippen molar-refractivity contribution in [2.24, 2.45) is 0 Å². The summed E-state index contributed by atoms with van der Waals surface area (Å²) in [7, 11) is 0. The van der Waals surface area contributed by atoms with Gasteiger partial charge in [-0.1, -0.05) is 6.08 Å². The van der Waals surface area contributed by atoms with Crippen molar-refractivity contribution in [1.82, 2.24) is 0 Å². The fourth-order valence-electron chi connectivity index (χ4n) is 1.11. The molecule has 2 nitrogen and oxygen atoms in total. The Balaban J connectivity index is 2.90. The molecule has 1 amide bonds. The van der Waals surface area contributed by atoms with Crippen LogP contribution in [0.3, 0.4) is 0 Å². The van der Waals surface area contributed by atoms with Crippen LogP contribution in [-0.2, 0) is 4.79 Å². The quantitative estimate of drug-likeness (QED) is 0.839. The summed E-state index contributed by atoms with van der Waals surface area (Å²) >= 11 is 3.06. The van der Waals surface area contributed by atoms with Crippen LogP contribution in [-0.4, -0.2) is 5.91 Å². The molecule has 0 radical (unpaired) electrons. The van der Waals surface area contributed by atoms with Gasteiger partial charge in [0.25, 0.3) is 0 Å². The van der Waals surface area contributed by atoms with E-state index in [1.54, 1.807) is 13.0 Å². The van der Waals surface area contributed by atoms with Gasteiger partial charge in [-0.25, -0.2) is 4.39 Å². The van der Waals surface area contributed by atoms with Crippen molar-refractivity contribution in [2.75, 3.05) is 5.32 Å². The number of aryl methyl sites for hydroxylation is 1. The van der Waals surface area contributed by atoms with E-state index in [0.717, 1.165) is 0 Å². The van der Waals surface area contributed by atoms with Gasteiger partial charge in [-0.05, 0) is 40.5 Å². The molecule has 1 aromatic carbocycles. The van der Waals surface area contributed by atoms with E-state index in [4.69, 9.17) is 0 Å². The molecule has 4 heteroatoms. The van der Waals surface area contributed by atoms with Gasteiger partial charge in [0.1, 0.15) is 5.82 Å². The molecule has 0 atom stereocenters. The Morgan fingerprint density at radius 3 is 2.93 bits per heavy atom. The van der Waals surface area contributed by atoms with Gasteiger partial charge < -0.3 is 5.32 Å². The Hall–Kier alpha value is -1.16. The number of rotatable bonds is 3. The maximum Gasteiger partial charge on any atom is 0.228 e. The fourth-order valence-corrected chi connectivity index (χ4v) is 1.46. The molecule has 0 spiro atoms. The molecule has 1 aromatic rings. The average molecular weight is 272 g/mol. The van der Waals surface area contributed by atoms with Crippen LogP contribution in [0.15, 0.2) is 29.3 Å². The van der Waals surface area contributed by atoms with Crippen LogP contribution in [0.1, 0.15) is 12.0 Å². The normalized spacial score (nSPS) is 9.80. The molecule has 0 heterocycles. The topological polar surface area (TPSA) is 29.1 Å². The highest BCUT2D eigenvalue weighted by Crippen LogP contribution is 2.24. The zero-order valence-corrected chi connectivity index (χ0v) is 9.90. The van der Waals surface area contributed by atoms with Gasteiger partial charge >= 0.3 is 0 Å². The molecule has 0 saturated carbocycles. The highest BCUT2D eigenvalue weighted by Gasteiger charge is 2.07. The van der Waals surface area contributed by atoms with E-state index in [0.29, 0.717) is 15.7 Å². The van der Waals surface area contributed by atoms with Crippen LogP contribution in [0.2, 0.25) is 0 Å². The van der Waals surface area contributed by atoms with Crippen molar-refractivity contribution in [3.63, 3.8) is 0 Å². The maximum atomic E-state index is 13.1. The largest absolute Gasteiger partial charge is 0.326 e. The first kappa shape index (κ1) is 11.9. The van der Waals surface area contributed by atoms with Gasteiger partial charge in [-0.2, -0.15) is 0 Å². The number of amides is 1. The van der Waals surface area contributed by atoms with Gasteiger partial charge in [-0.3, -0.25) is 4.79 Å². The van der Waals surface area contributed by atoms with Crippen LogP contribution in [0, 0.1) is 12.7 Å². The molecule has 0 aromatic heterocycles. The van der Waals surface area contributed by atoms with Gasteiger partial charge in [0.05, 0.1) is 4.47 Å². The van der Waals surface area contributed by atoms with Crippen molar-refractivity contribution in [1.29, 1.82) is 0 Å². The Morgan fingerprint density at radius 1 is 1.67 bits per heavy atom. The third-order valence-electron chi connectivity index (χ3n) is 1.87. The minimum atomic E-state index is -0.339. The number of nitrogens with one attached hydrogen (secondary N) is 1. The molecule has 1 rings (SSSR count). The fraction of sp³-hybridized carbons (Fsp3) is 0.182. The highest BCUT2D eigenvalue weighted by molar-refractivity contribution is 9.10. The zero-order valence-electron chi connectivity index (χ0n) is 8.31. The summed E-state index contributed by atoms with van der Waals surface area (Å²) in [5, 5.41) is 2.67. The molecule has 0 aliphatic carbocycles. The predicted molar refractivity (Wildman–Crippen MR) is 62.3 cm³/mol. The van der Waals surface area contributed by atoms with Gasteiger partial charge in [-0.15, -0.1) is 6.58 Å². The summed E-state index contributed by atoms with van der Waals surface area (Å²) in [6, 6.07) is 2.92. The molecule has 0 bridgehead atoms. The zero-order chi connectivity index (χ0) is 11.4. The standard InChI is InChI=1S/C11H11BrFNO/c1-3-4-11(15)14-10-6-8(12)9(13)5-7(10)2/h3,5-6H,1,4H2,2H3,(H,14,15). The lowest BCUT2D eigenvalue weighted by atomic mass is 10.2. The van der Waals surface area contributed by atoms with Gasteiger partial charge in [0.2, 0.25) is 5.91 Å². The Labute approximate surface area is 96.3 Å². The predicted octanol–water partition coefficient (Wildman–Crippen LogP) is 3.41. The van der Waals surface area contributed by atoms with E-state index in [1.165, 1.54) is 12.1 Å². The van der Waals surface area contributed by atoms with Crippen LogP contribution < -0.4 is 5.32 Å². The molecule has 0 fully saturated rings. The molecular weight excluding hydrogens is 261 g/mol. The van der Waals surface area contributed by atoms with Crippen LogP contribution in [0.5, 0.6) is 0 Å². The summed E-state index contributed by atoms with van der Waals surface area (Å²) < 4.78 is 13.4. The Bertz CT molecular complexity index is 404. The number of benzene rings is 1. The van der Waals surface area contributed by atoms with E-state index >= 15 is 0 Å². The third-order valence-corrected chi connectivity index (χ3v) is 2.48. The van der Waals surface area contributed by atoms with Gasteiger partial charge in [0, 0.05) is 12.1 Å². The number of carbonyl (C=O) groups is 1. The first-order valence-corrected chi connectivity index (χ1v) is 5.20. The van der Waals surface area contributed by atoms with Gasteiger partial charge in [0.15, 0.2) is 0 Å². The lowest BCUT2D eigenvalue weighted by Crippen LogP contribution is -2.11.